The predicted octanol–water partition coefficient (Wildman–Crippen LogP) is 3.57. The molecule has 0 bridgehead atoms. The number of aryl methyl sites for hydroxylation is 1. The van der Waals surface area contributed by atoms with Crippen LogP contribution in [0.25, 0.3) is 11.1 Å². The molecule has 10 heteroatoms. The summed E-state index contributed by atoms with van der Waals surface area (Å²) in [7, 11) is 1.89. The first-order valence-corrected chi connectivity index (χ1v) is 8.90. The average Bonchev–Trinajstić information content (AvgIpc) is 3.23. The molecule has 148 valence electrons. The SMILES string of the molecule is Cn1ccc(Cn2cc(-c3ccc(Cl)cc3Cl)cn2)n1.O=C(O)CCC(=O)O. The van der Waals surface area contributed by atoms with Crippen LogP contribution < -0.4 is 0 Å². The lowest BCUT2D eigenvalue weighted by atomic mass is 10.1. The molecule has 3 aromatic rings. The van der Waals surface area contributed by atoms with Crippen LogP contribution in [0.2, 0.25) is 10.0 Å². The van der Waals surface area contributed by atoms with Crippen molar-refractivity contribution in [2.75, 3.05) is 0 Å². The van der Waals surface area contributed by atoms with Crippen LogP contribution in [0.3, 0.4) is 0 Å². The van der Waals surface area contributed by atoms with Crippen LogP contribution in [-0.2, 0) is 23.2 Å². The third kappa shape index (κ3) is 6.71. The molecule has 0 aliphatic carbocycles. The number of benzene rings is 1. The van der Waals surface area contributed by atoms with Crippen LogP contribution in [0.5, 0.6) is 0 Å². The number of halogens is 2. The van der Waals surface area contributed by atoms with Crippen LogP contribution in [0.1, 0.15) is 18.5 Å². The van der Waals surface area contributed by atoms with E-state index in [-0.39, 0.29) is 12.8 Å². The highest BCUT2D eigenvalue weighted by Gasteiger charge is 2.08. The van der Waals surface area contributed by atoms with E-state index in [1.54, 1.807) is 16.9 Å². The smallest absolute Gasteiger partial charge is 0.303 e. The Labute approximate surface area is 170 Å². The van der Waals surface area contributed by atoms with Gasteiger partial charge in [0.25, 0.3) is 0 Å². The normalized spacial score (nSPS) is 10.2. The molecule has 3 rings (SSSR count). The Balaban J connectivity index is 0.000000300. The van der Waals surface area contributed by atoms with E-state index < -0.39 is 11.9 Å². The van der Waals surface area contributed by atoms with Gasteiger partial charge in [-0.05, 0) is 18.2 Å². The number of carbonyl (C=O) groups is 2. The van der Waals surface area contributed by atoms with E-state index in [1.807, 2.05) is 42.3 Å². The number of aromatic nitrogens is 4. The Morgan fingerprint density at radius 1 is 1.11 bits per heavy atom. The van der Waals surface area contributed by atoms with Gasteiger partial charge < -0.3 is 10.2 Å². The summed E-state index contributed by atoms with van der Waals surface area (Å²) in [5.41, 5.74) is 2.84. The van der Waals surface area contributed by atoms with Crippen LogP contribution in [0.15, 0.2) is 42.9 Å². The number of hydrogen-bond donors (Lipinski definition) is 2. The van der Waals surface area contributed by atoms with Gasteiger partial charge >= 0.3 is 11.9 Å². The fraction of sp³-hybridized carbons (Fsp3) is 0.222. The van der Waals surface area contributed by atoms with Gasteiger partial charge in [-0.25, -0.2) is 0 Å². The Kier molecular flexibility index (Phi) is 7.60. The van der Waals surface area contributed by atoms with E-state index in [9.17, 15) is 9.59 Å². The van der Waals surface area contributed by atoms with Gasteiger partial charge in [0.05, 0.1) is 31.3 Å². The third-order valence-electron chi connectivity index (χ3n) is 3.52. The second kappa shape index (κ2) is 9.91. The van der Waals surface area contributed by atoms with Gasteiger partial charge in [-0.15, -0.1) is 0 Å². The van der Waals surface area contributed by atoms with Crippen molar-refractivity contribution < 1.29 is 19.8 Å². The van der Waals surface area contributed by atoms with E-state index in [0.29, 0.717) is 16.6 Å². The highest BCUT2D eigenvalue weighted by atomic mass is 35.5. The Morgan fingerprint density at radius 2 is 1.79 bits per heavy atom. The van der Waals surface area contributed by atoms with Crippen molar-refractivity contribution in [1.82, 2.24) is 19.6 Å². The molecule has 1 aromatic carbocycles. The predicted molar refractivity (Wildman–Crippen MR) is 104 cm³/mol. The van der Waals surface area contributed by atoms with Crippen molar-refractivity contribution >= 4 is 35.1 Å². The zero-order chi connectivity index (χ0) is 20.7. The largest absolute Gasteiger partial charge is 0.481 e. The monoisotopic (exact) mass is 424 g/mol. The summed E-state index contributed by atoms with van der Waals surface area (Å²) < 4.78 is 3.61. The molecule has 0 radical (unpaired) electrons. The number of rotatable bonds is 6. The molecule has 0 aliphatic heterocycles. The molecular formula is C18H18Cl2N4O4. The van der Waals surface area contributed by atoms with E-state index in [2.05, 4.69) is 10.2 Å². The lowest BCUT2D eigenvalue weighted by molar-refractivity contribution is -0.143. The molecule has 0 fully saturated rings. The molecule has 8 nitrogen and oxygen atoms in total. The summed E-state index contributed by atoms with van der Waals surface area (Å²) in [6.07, 6.45) is 5.06. The van der Waals surface area contributed by atoms with Gasteiger partial charge in [-0.2, -0.15) is 10.2 Å². The van der Waals surface area contributed by atoms with Gasteiger partial charge in [0.2, 0.25) is 0 Å². The minimum Gasteiger partial charge on any atom is -0.481 e. The van der Waals surface area contributed by atoms with Crippen molar-refractivity contribution in [2.45, 2.75) is 19.4 Å². The first-order valence-electron chi connectivity index (χ1n) is 8.14. The molecule has 0 saturated carbocycles. The molecular weight excluding hydrogens is 407 g/mol. The molecule has 0 saturated heterocycles. The van der Waals surface area contributed by atoms with Crippen molar-refractivity contribution in [3.05, 3.63) is 58.6 Å². The van der Waals surface area contributed by atoms with Crippen LogP contribution >= 0.6 is 23.2 Å². The van der Waals surface area contributed by atoms with E-state index in [0.717, 1.165) is 16.8 Å². The summed E-state index contributed by atoms with van der Waals surface area (Å²) in [4.78, 5) is 19.3. The first kappa shape index (κ1) is 21.5. The van der Waals surface area contributed by atoms with Gasteiger partial charge in [0.1, 0.15) is 0 Å². The maximum absolute atomic E-state index is 9.64. The van der Waals surface area contributed by atoms with Crippen LogP contribution in [-0.4, -0.2) is 41.7 Å². The highest BCUT2D eigenvalue weighted by molar-refractivity contribution is 6.36. The fourth-order valence-electron chi connectivity index (χ4n) is 2.24. The lowest BCUT2D eigenvalue weighted by Gasteiger charge is -2.01. The van der Waals surface area contributed by atoms with Crippen LogP contribution in [0, 0.1) is 0 Å². The van der Waals surface area contributed by atoms with E-state index >= 15 is 0 Å². The summed E-state index contributed by atoms with van der Waals surface area (Å²) in [5, 5.41) is 25.7. The van der Waals surface area contributed by atoms with Crippen LogP contribution in [0.4, 0.5) is 0 Å². The van der Waals surface area contributed by atoms with E-state index in [1.165, 1.54) is 0 Å². The van der Waals surface area contributed by atoms with Crippen molar-refractivity contribution in [2.24, 2.45) is 7.05 Å². The second-order valence-electron chi connectivity index (χ2n) is 5.82. The van der Waals surface area contributed by atoms with Gasteiger partial charge in [0, 0.05) is 40.6 Å². The molecule has 0 aliphatic rings. The Morgan fingerprint density at radius 3 is 2.32 bits per heavy atom. The maximum atomic E-state index is 9.64. The summed E-state index contributed by atoms with van der Waals surface area (Å²) in [6, 6.07) is 7.41. The molecule has 0 atom stereocenters. The standard InChI is InChI=1S/C14H12Cl2N4.C4H6O4/c1-19-5-4-12(18-19)9-20-8-10(7-17-20)13-3-2-11(15)6-14(13)16;5-3(6)1-2-4(7)8/h2-8H,9H2,1H3;1-2H2,(H,5,6)(H,7,8). The van der Waals surface area contributed by atoms with Gasteiger partial charge in [-0.1, -0.05) is 29.3 Å². The zero-order valence-corrected chi connectivity index (χ0v) is 16.4. The summed E-state index contributed by atoms with van der Waals surface area (Å²) in [5.74, 6) is -2.15. The number of carboxylic acids is 2. The Bertz CT molecular complexity index is 954. The molecule has 28 heavy (non-hydrogen) atoms. The minimum atomic E-state index is -1.08. The molecule has 0 spiro atoms. The first-order chi connectivity index (χ1) is 13.2. The maximum Gasteiger partial charge on any atom is 0.303 e. The quantitative estimate of drug-likeness (QED) is 0.625. The fourth-order valence-corrected chi connectivity index (χ4v) is 2.76. The molecule has 2 N–H and O–H groups in total. The highest BCUT2D eigenvalue weighted by Crippen LogP contribution is 2.29. The number of hydrogen-bond acceptors (Lipinski definition) is 4. The average molecular weight is 425 g/mol. The van der Waals surface area contributed by atoms with Crippen molar-refractivity contribution in [3.63, 3.8) is 0 Å². The molecule has 2 heterocycles. The Hall–Kier alpha value is -2.84. The number of aliphatic carboxylic acids is 2. The van der Waals surface area contributed by atoms with Gasteiger partial charge in [0.15, 0.2) is 0 Å². The molecule has 0 unspecified atom stereocenters. The second-order valence-corrected chi connectivity index (χ2v) is 6.66. The molecule has 0 amide bonds. The topological polar surface area (TPSA) is 110 Å². The van der Waals surface area contributed by atoms with Crippen molar-refractivity contribution in [1.29, 1.82) is 0 Å². The zero-order valence-electron chi connectivity index (χ0n) is 14.9. The number of carboxylic acid groups (broad SMARTS) is 2. The summed E-state index contributed by atoms with van der Waals surface area (Å²) >= 11 is 12.1. The minimum absolute atomic E-state index is 0.296. The van der Waals surface area contributed by atoms with Gasteiger partial charge in [-0.3, -0.25) is 19.0 Å². The third-order valence-corrected chi connectivity index (χ3v) is 4.07. The van der Waals surface area contributed by atoms with Crippen molar-refractivity contribution in [3.8, 4) is 11.1 Å². The van der Waals surface area contributed by atoms with E-state index in [4.69, 9.17) is 33.4 Å². The molecule has 2 aromatic heterocycles. The lowest BCUT2D eigenvalue weighted by Crippen LogP contribution is -2.01. The summed E-state index contributed by atoms with van der Waals surface area (Å²) in [6.45, 7) is 0.631. The number of nitrogens with zero attached hydrogens (tertiary/aromatic N) is 4.